The summed E-state index contributed by atoms with van der Waals surface area (Å²) < 4.78 is 91.1. The highest BCUT2D eigenvalue weighted by Crippen LogP contribution is 2.29. The van der Waals surface area contributed by atoms with Crippen molar-refractivity contribution in [3.63, 3.8) is 0 Å². The Morgan fingerprint density at radius 2 is 1.18 bits per heavy atom. The molecule has 57 heavy (non-hydrogen) atoms. The summed E-state index contributed by atoms with van der Waals surface area (Å²) in [7, 11) is 0. The first-order valence-electron chi connectivity index (χ1n) is 17.4. The van der Waals surface area contributed by atoms with Crippen LogP contribution in [0.4, 0.5) is 38.0 Å². The zero-order chi connectivity index (χ0) is 40.4. The molecular weight excluding hydrogens is 762 g/mol. The maximum atomic E-state index is 15.7. The number of anilines is 2. The Labute approximate surface area is 316 Å². The van der Waals surface area contributed by atoms with E-state index in [9.17, 15) is 37.5 Å². The number of halogens is 6. The van der Waals surface area contributed by atoms with E-state index in [2.05, 4.69) is 15.3 Å². The van der Waals surface area contributed by atoms with E-state index in [-0.39, 0.29) is 71.8 Å². The standard InChI is InChI=1S/C38H28F6N8O5/c39-17-1-3-29(25(41)9-17)51-15-23(31(53)21-11-27(43)35(47-33(21)51)49-7-5-19(45)13-49)37(55)46-20-6-8-50(14-20)36-28(44)12-22-32(54)24(38(56)57)16-52(34(22)48-36)30-4-2-18(40)10-26(30)42/h1-4,9-12,15-16,19-20H,5-8,13-14,45H2,(H,46,55)(H,56,57). The van der Waals surface area contributed by atoms with E-state index in [1.54, 1.807) is 4.90 Å². The largest absolute Gasteiger partial charge is 0.477 e. The summed E-state index contributed by atoms with van der Waals surface area (Å²) in [5.41, 5.74) is 1.35. The van der Waals surface area contributed by atoms with Crippen molar-refractivity contribution in [1.82, 2.24) is 24.4 Å². The summed E-state index contributed by atoms with van der Waals surface area (Å²) in [6.45, 7) is 0.570. The zero-order valence-corrected chi connectivity index (χ0v) is 29.3. The van der Waals surface area contributed by atoms with Crippen LogP contribution >= 0.6 is 0 Å². The van der Waals surface area contributed by atoms with Gasteiger partial charge in [0.2, 0.25) is 10.9 Å². The normalized spacial score (nSPS) is 16.9. The summed E-state index contributed by atoms with van der Waals surface area (Å²) >= 11 is 0. The number of hydrogen-bond donors (Lipinski definition) is 3. The van der Waals surface area contributed by atoms with Crippen molar-refractivity contribution in [3.8, 4) is 11.4 Å². The molecule has 6 heterocycles. The smallest absolute Gasteiger partial charge is 0.341 e. The molecule has 2 aliphatic heterocycles. The fourth-order valence-electron chi connectivity index (χ4n) is 7.22. The predicted octanol–water partition coefficient (Wildman–Crippen LogP) is 4.16. The van der Waals surface area contributed by atoms with Crippen LogP contribution in [0.25, 0.3) is 33.4 Å². The lowest BCUT2D eigenvalue weighted by Crippen LogP contribution is -2.39. The summed E-state index contributed by atoms with van der Waals surface area (Å²) in [5.74, 6) is -9.11. The van der Waals surface area contributed by atoms with Crippen molar-refractivity contribution in [3.05, 3.63) is 127 Å². The van der Waals surface area contributed by atoms with Gasteiger partial charge in [-0.25, -0.2) is 41.1 Å². The molecule has 19 heteroatoms. The molecule has 2 atom stereocenters. The van der Waals surface area contributed by atoms with Crippen LogP contribution in [0.1, 0.15) is 33.6 Å². The Hall–Kier alpha value is -6.76. The van der Waals surface area contributed by atoms with Crippen molar-refractivity contribution >= 4 is 45.6 Å². The molecule has 4 N–H and O–H groups in total. The van der Waals surface area contributed by atoms with Gasteiger partial charge in [-0.3, -0.25) is 23.5 Å². The highest BCUT2D eigenvalue weighted by Gasteiger charge is 2.31. The molecule has 8 rings (SSSR count). The average molecular weight is 791 g/mol. The van der Waals surface area contributed by atoms with Crippen LogP contribution in [0.5, 0.6) is 0 Å². The number of aromatic carboxylic acids is 1. The molecule has 2 fully saturated rings. The molecule has 0 aliphatic carbocycles. The molecule has 0 saturated carbocycles. The molecule has 1 amide bonds. The molecule has 0 bridgehead atoms. The fraction of sp³-hybridized carbons (Fsp3) is 0.211. The van der Waals surface area contributed by atoms with Gasteiger partial charge < -0.3 is 26.0 Å². The van der Waals surface area contributed by atoms with Crippen LogP contribution in [0.15, 0.2) is 70.5 Å². The number of rotatable bonds is 7. The second-order valence-electron chi connectivity index (χ2n) is 13.7. The molecule has 6 aromatic rings. The maximum Gasteiger partial charge on any atom is 0.341 e. The Kier molecular flexibility index (Phi) is 9.18. The van der Waals surface area contributed by atoms with Gasteiger partial charge in [0.25, 0.3) is 5.91 Å². The van der Waals surface area contributed by atoms with Crippen LogP contribution < -0.4 is 31.7 Å². The Balaban J connectivity index is 1.14. The number of pyridine rings is 4. The Morgan fingerprint density at radius 3 is 1.67 bits per heavy atom. The van der Waals surface area contributed by atoms with E-state index < -0.39 is 80.2 Å². The van der Waals surface area contributed by atoms with Crippen molar-refractivity contribution < 1.29 is 41.0 Å². The quantitative estimate of drug-likeness (QED) is 0.200. The van der Waals surface area contributed by atoms with Gasteiger partial charge in [-0.05, 0) is 49.2 Å². The Bertz CT molecular complexity index is 2820. The minimum atomic E-state index is -1.68. The number of carbonyl (C=O) groups excluding carboxylic acids is 1. The topological polar surface area (TPSA) is 169 Å². The predicted molar refractivity (Wildman–Crippen MR) is 194 cm³/mol. The number of benzene rings is 2. The maximum absolute atomic E-state index is 15.7. The van der Waals surface area contributed by atoms with Gasteiger partial charge in [-0.15, -0.1) is 0 Å². The van der Waals surface area contributed by atoms with E-state index in [0.717, 1.165) is 57.9 Å². The molecule has 4 aromatic heterocycles. The SMILES string of the molecule is NC1CCN(c2nc3c(cc2F)c(=O)c(C(=O)NC2CCN(c4nc5c(cc4F)c(=O)c(C(=O)O)cn5-c4ccc(F)cc4F)C2)cn3-c2ccc(F)cc2F)C1. The highest BCUT2D eigenvalue weighted by atomic mass is 19.2. The lowest BCUT2D eigenvalue weighted by Gasteiger charge is -2.21. The first kappa shape index (κ1) is 37.2. The third kappa shape index (κ3) is 6.58. The summed E-state index contributed by atoms with van der Waals surface area (Å²) in [5, 5.41) is 11.4. The third-order valence-corrected chi connectivity index (χ3v) is 9.99. The van der Waals surface area contributed by atoms with Crippen molar-refractivity contribution in [1.29, 1.82) is 0 Å². The van der Waals surface area contributed by atoms with Gasteiger partial charge in [0, 0.05) is 62.8 Å². The molecule has 2 aromatic carbocycles. The zero-order valence-electron chi connectivity index (χ0n) is 29.3. The number of amides is 1. The molecule has 2 saturated heterocycles. The van der Waals surface area contributed by atoms with Crippen LogP contribution in [0.3, 0.4) is 0 Å². The number of hydrogen-bond acceptors (Lipinski definition) is 9. The molecular formula is C38H28F6N8O5. The lowest BCUT2D eigenvalue weighted by atomic mass is 10.1. The van der Waals surface area contributed by atoms with E-state index in [4.69, 9.17) is 5.73 Å². The van der Waals surface area contributed by atoms with Crippen LogP contribution in [-0.4, -0.2) is 74.3 Å². The summed E-state index contributed by atoms with van der Waals surface area (Å²) in [4.78, 5) is 64.1. The molecule has 2 unspecified atom stereocenters. The number of aromatic nitrogens is 4. The molecule has 13 nitrogen and oxygen atoms in total. The van der Waals surface area contributed by atoms with E-state index in [1.165, 1.54) is 4.90 Å². The van der Waals surface area contributed by atoms with E-state index in [0.29, 0.717) is 25.1 Å². The molecule has 0 radical (unpaired) electrons. The van der Waals surface area contributed by atoms with Crippen LogP contribution in [0, 0.1) is 34.9 Å². The van der Waals surface area contributed by atoms with Gasteiger partial charge in [0.15, 0.2) is 34.6 Å². The van der Waals surface area contributed by atoms with E-state index in [1.807, 2.05) is 0 Å². The average Bonchev–Trinajstić information content (AvgIpc) is 3.81. The van der Waals surface area contributed by atoms with Gasteiger partial charge in [-0.1, -0.05) is 0 Å². The monoisotopic (exact) mass is 790 g/mol. The molecule has 292 valence electrons. The number of nitrogens with one attached hydrogen (secondary N) is 1. The van der Waals surface area contributed by atoms with Crippen LogP contribution in [0.2, 0.25) is 0 Å². The molecule has 0 spiro atoms. The van der Waals surface area contributed by atoms with Gasteiger partial charge in [0.1, 0.15) is 34.4 Å². The van der Waals surface area contributed by atoms with Crippen molar-refractivity contribution in [2.45, 2.75) is 24.9 Å². The van der Waals surface area contributed by atoms with Crippen LogP contribution in [-0.2, 0) is 0 Å². The van der Waals surface area contributed by atoms with Crippen molar-refractivity contribution in [2.24, 2.45) is 5.73 Å². The number of nitrogens with zero attached hydrogens (tertiary/aromatic N) is 6. The lowest BCUT2D eigenvalue weighted by molar-refractivity contribution is 0.0694. The number of fused-ring (bicyclic) bond motifs is 2. The van der Waals surface area contributed by atoms with Crippen molar-refractivity contribution in [2.75, 3.05) is 36.0 Å². The minimum absolute atomic E-state index is 0.0591. The fourth-order valence-corrected chi connectivity index (χ4v) is 7.22. The van der Waals surface area contributed by atoms with Gasteiger partial charge in [0.05, 0.1) is 22.1 Å². The summed E-state index contributed by atoms with van der Waals surface area (Å²) in [6.07, 6.45) is 2.51. The summed E-state index contributed by atoms with van der Waals surface area (Å²) in [6, 6.07) is 5.65. The van der Waals surface area contributed by atoms with Gasteiger partial charge in [-0.2, -0.15) is 0 Å². The number of carbonyl (C=O) groups is 2. The Morgan fingerprint density at radius 1 is 0.684 bits per heavy atom. The number of nitrogens with two attached hydrogens (primary N) is 1. The number of carboxylic acids is 1. The highest BCUT2D eigenvalue weighted by molar-refractivity contribution is 5.98. The molecule has 2 aliphatic rings. The third-order valence-electron chi connectivity index (χ3n) is 9.99. The first-order chi connectivity index (χ1) is 27.2. The first-order valence-corrected chi connectivity index (χ1v) is 17.4. The second-order valence-corrected chi connectivity index (χ2v) is 13.7. The second kappa shape index (κ2) is 14.1. The minimum Gasteiger partial charge on any atom is -0.477 e. The van der Waals surface area contributed by atoms with E-state index >= 15 is 13.2 Å². The van der Waals surface area contributed by atoms with Gasteiger partial charge >= 0.3 is 5.97 Å². The number of carboxylic acid groups (broad SMARTS) is 1.